The van der Waals surface area contributed by atoms with E-state index in [1.165, 1.54) is 5.56 Å². The molecule has 0 fully saturated rings. The van der Waals surface area contributed by atoms with Crippen LogP contribution >= 0.6 is 11.3 Å². The lowest BCUT2D eigenvalue weighted by molar-refractivity contribution is 0.691. The number of fused-ring (bicyclic) bond motifs is 2. The average molecular weight is 514 g/mol. The maximum Gasteiger partial charge on any atom is 0.142 e. The summed E-state index contributed by atoms with van der Waals surface area (Å²) in [5.41, 5.74) is 10.7. The second-order valence-electron chi connectivity index (χ2n) is 9.12. The largest absolute Gasteiger partial charge is 0.359 e. The molecule has 0 atom stereocenters. The first kappa shape index (κ1) is 22.5. The Hall–Kier alpha value is -4.66. The molecule has 0 saturated carbocycles. The third-order valence-corrected chi connectivity index (χ3v) is 7.25. The lowest BCUT2D eigenvalue weighted by Gasteiger charge is -2.07. The van der Waals surface area contributed by atoms with Crippen molar-refractivity contribution in [2.24, 2.45) is 0 Å². The zero-order valence-electron chi connectivity index (χ0n) is 20.3. The molecule has 0 bridgehead atoms. The van der Waals surface area contributed by atoms with Gasteiger partial charge in [0.15, 0.2) is 0 Å². The van der Waals surface area contributed by atoms with Crippen molar-refractivity contribution in [3.05, 3.63) is 107 Å². The molecule has 184 valence electrons. The highest BCUT2D eigenvalue weighted by atomic mass is 32.1. The summed E-state index contributed by atoms with van der Waals surface area (Å²) in [4.78, 5) is 25.9. The van der Waals surface area contributed by atoms with Gasteiger partial charge in [0.1, 0.15) is 11.3 Å². The van der Waals surface area contributed by atoms with Gasteiger partial charge in [-0.15, -0.1) is 0 Å². The molecule has 0 amide bonds. The third kappa shape index (κ3) is 4.26. The van der Waals surface area contributed by atoms with Crippen molar-refractivity contribution in [3.8, 4) is 33.9 Å². The zero-order valence-corrected chi connectivity index (χ0v) is 21.2. The Kier molecular flexibility index (Phi) is 5.73. The monoisotopic (exact) mass is 513 g/mol. The van der Waals surface area contributed by atoms with Gasteiger partial charge in [0.05, 0.1) is 33.5 Å². The van der Waals surface area contributed by atoms with Crippen molar-refractivity contribution in [1.82, 2.24) is 35.2 Å². The summed E-state index contributed by atoms with van der Waals surface area (Å²) in [5.74, 6) is 0.761. The number of nitrogens with one attached hydrogen (secondary N) is 3. The summed E-state index contributed by atoms with van der Waals surface area (Å²) in [5, 5.41) is 7.64. The number of pyridine rings is 3. The summed E-state index contributed by atoms with van der Waals surface area (Å²) < 4.78 is 0. The van der Waals surface area contributed by atoms with E-state index in [9.17, 15) is 0 Å². The van der Waals surface area contributed by atoms with Crippen molar-refractivity contribution >= 4 is 33.4 Å². The second kappa shape index (κ2) is 9.66. The smallest absolute Gasteiger partial charge is 0.142 e. The number of H-pyrrole nitrogens is 2. The first-order chi connectivity index (χ1) is 18.8. The van der Waals surface area contributed by atoms with E-state index >= 15 is 0 Å². The number of rotatable bonds is 7. The van der Waals surface area contributed by atoms with Gasteiger partial charge in [-0.25, -0.2) is 9.97 Å². The molecule has 0 saturated heterocycles. The van der Waals surface area contributed by atoms with Crippen LogP contribution in [0.3, 0.4) is 0 Å². The van der Waals surface area contributed by atoms with E-state index < -0.39 is 0 Å². The van der Waals surface area contributed by atoms with Crippen LogP contribution in [0.4, 0.5) is 0 Å². The molecule has 6 aromatic heterocycles. The van der Waals surface area contributed by atoms with Crippen LogP contribution in [0.1, 0.15) is 11.1 Å². The minimum absolute atomic E-state index is 0.729. The standard InChI is InChI=1S/C30H23N7S/c1-2-4-19(5-3-1)13-31-14-20-12-22(16-32-15-20)24-6-7-25-28(35-24)23(17-34-25)30-36-26-8-10-33-27(29(26)37-30)21-9-11-38-18-21/h1-12,15-18,31,34H,13-14H2,(H,36,37). The SMILES string of the molecule is c1ccc(CNCc2cncc(-c3ccc4[nH]cc(-c5nc6c(-c7ccsc7)nccc6[nH]5)c4n3)c2)cc1. The molecule has 1 aromatic carbocycles. The Balaban J connectivity index is 1.20. The third-order valence-electron chi connectivity index (χ3n) is 6.56. The molecule has 38 heavy (non-hydrogen) atoms. The Morgan fingerprint density at radius 2 is 1.74 bits per heavy atom. The first-order valence-corrected chi connectivity index (χ1v) is 13.3. The van der Waals surface area contributed by atoms with Crippen LogP contribution in [0.15, 0.2) is 96.2 Å². The van der Waals surface area contributed by atoms with Gasteiger partial charge in [-0.3, -0.25) is 9.97 Å². The molecule has 0 aliphatic carbocycles. The van der Waals surface area contributed by atoms with E-state index in [-0.39, 0.29) is 0 Å². The molecule has 0 aliphatic rings. The van der Waals surface area contributed by atoms with Crippen LogP contribution in [-0.4, -0.2) is 29.9 Å². The van der Waals surface area contributed by atoms with Crippen LogP contribution in [0.2, 0.25) is 0 Å². The van der Waals surface area contributed by atoms with Gasteiger partial charge >= 0.3 is 0 Å². The van der Waals surface area contributed by atoms with Crippen LogP contribution < -0.4 is 5.32 Å². The van der Waals surface area contributed by atoms with Gasteiger partial charge in [-0.1, -0.05) is 30.3 Å². The molecular weight excluding hydrogens is 490 g/mol. The van der Waals surface area contributed by atoms with Crippen LogP contribution in [0.25, 0.3) is 56.0 Å². The predicted molar refractivity (Wildman–Crippen MR) is 153 cm³/mol. The molecule has 8 heteroatoms. The van der Waals surface area contributed by atoms with Crippen LogP contribution in [-0.2, 0) is 13.1 Å². The Morgan fingerprint density at radius 3 is 2.63 bits per heavy atom. The minimum Gasteiger partial charge on any atom is -0.359 e. The highest BCUT2D eigenvalue weighted by molar-refractivity contribution is 7.08. The van der Waals surface area contributed by atoms with Gasteiger partial charge in [-0.2, -0.15) is 11.3 Å². The molecule has 0 spiro atoms. The lowest BCUT2D eigenvalue weighted by Crippen LogP contribution is -2.12. The van der Waals surface area contributed by atoms with Gasteiger partial charge in [0, 0.05) is 54.4 Å². The van der Waals surface area contributed by atoms with Gasteiger partial charge in [0.25, 0.3) is 0 Å². The number of aromatic nitrogens is 6. The van der Waals surface area contributed by atoms with Crippen molar-refractivity contribution in [2.75, 3.05) is 0 Å². The van der Waals surface area contributed by atoms with Crippen molar-refractivity contribution in [3.63, 3.8) is 0 Å². The number of imidazole rings is 1. The van der Waals surface area contributed by atoms with Gasteiger partial charge in [-0.05, 0) is 46.8 Å². The van der Waals surface area contributed by atoms with E-state index in [0.717, 1.165) is 74.6 Å². The Morgan fingerprint density at radius 1 is 0.816 bits per heavy atom. The highest BCUT2D eigenvalue weighted by Gasteiger charge is 2.16. The van der Waals surface area contributed by atoms with Crippen molar-refractivity contribution in [2.45, 2.75) is 13.1 Å². The van der Waals surface area contributed by atoms with Crippen LogP contribution in [0.5, 0.6) is 0 Å². The fourth-order valence-electron chi connectivity index (χ4n) is 4.69. The minimum atomic E-state index is 0.729. The number of hydrogen-bond acceptors (Lipinski definition) is 6. The number of thiophene rings is 1. The molecular formula is C30H23N7S. The van der Waals surface area contributed by atoms with E-state index in [1.807, 2.05) is 43.0 Å². The molecule has 0 aliphatic heterocycles. The summed E-state index contributed by atoms with van der Waals surface area (Å²) in [6, 6.07) is 20.6. The summed E-state index contributed by atoms with van der Waals surface area (Å²) in [6.07, 6.45) is 7.53. The molecule has 7 aromatic rings. The number of nitrogens with zero attached hydrogens (tertiary/aromatic N) is 4. The quantitative estimate of drug-likeness (QED) is 0.224. The maximum absolute atomic E-state index is 5.03. The maximum atomic E-state index is 5.03. The molecule has 7 nitrogen and oxygen atoms in total. The summed E-state index contributed by atoms with van der Waals surface area (Å²) >= 11 is 1.65. The molecule has 3 N–H and O–H groups in total. The van der Waals surface area contributed by atoms with Gasteiger partial charge < -0.3 is 15.3 Å². The second-order valence-corrected chi connectivity index (χ2v) is 9.90. The molecule has 0 radical (unpaired) electrons. The van der Waals surface area contributed by atoms with E-state index in [4.69, 9.17) is 9.97 Å². The fraction of sp³-hybridized carbons (Fsp3) is 0.0667. The van der Waals surface area contributed by atoms with Crippen molar-refractivity contribution < 1.29 is 0 Å². The average Bonchev–Trinajstić information content (AvgIpc) is 3.73. The number of hydrogen-bond donors (Lipinski definition) is 3. The zero-order chi connectivity index (χ0) is 25.3. The van der Waals surface area contributed by atoms with Gasteiger partial charge in [0.2, 0.25) is 0 Å². The van der Waals surface area contributed by atoms with E-state index in [2.05, 4.69) is 78.5 Å². The molecule has 0 unspecified atom stereocenters. The summed E-state index contributed by atoms with van der Waals surface area (Å²) in [7, 11) is 0. The van der Waals surface area contributed by atoms with Crippen molar-refractivity contribution in [1.29, 1.82) is 0 Å². The fourth-order valence-corrected chi connectivity index (χ4v) is 5.33. The number of benzene rings is 1. The predicted octanol–water partition coefficient (Wildman–Crippen LogP) is 6.58. The lowest BCUT2D eigenvalue weighted by atomic mass is 10.1. The molecule has 6 heterocycles. The Labute approximate surface area is 222 Å². The number of aromatic amines is 2. The van der Waals surface area contributed by atoms with Crippen LogP contribution in [0, 0.1) is 0 Å². The van der Waals surface area contributed by atoms with E-state index in [1.54, 1.807) is 11.3 Å². The Bertz CT molecular complexity index is 1850. The highest BCUT2D eigenvalue weighted by Crippen LogP contribution is 2.32. The topological polar surface area (TPSA) is 95.2 Å². The molecule has 7 rings (SSSR count). The first-order valence-electron chi connectivity index (χ1n) is 12.4. The van der Waals surface area contributed by atoms with E-state index in [0.29, 0.717) is 0 Å². The summed E-state index contributed by atoms with van der Waals surface area (Å²) in [6.45, 7) is 1.54. The normalized spacial score (nSPS) is 11.5.